The SMILES string of the molecule is CC(C)(C)OC(=O)N1CCCC12CCCC2=O.CC(C)(C)OC(=O)N1CCCC12CCCC2=O.O=C1CCCC12CCCN2.O=C1CCCC12CCCN2. The molecular formula is C42H68N4O8. The lowest BCUT2D eigenvalue weighted by atomic mass is 9.93. The highest BCUT2D eigenvalue weighted by Crippen LogP contribution is 2.42. The predicted molar refractivity (Wildman–Crippen MR) is 205 cm³/mol. The topological polar surface area (TPSA) is 151 Å². The van der Waals surface area contributed by atoms with Gasteiger partial charge >= 0.3 is 12.2 Å². The number of nitrogens with zero attached hydrogens (tertiary/aromatic N) is 2. The van der Waals surface area contributed by atoms with Gasteiger partial charge in [0.15, 0.2) is 23.1 Å². The van der Waals surface area contributed by atoms with Gasteiger partial charge in [-0.3, -0.25) is 29.0 Å². The van der Waals surface area contributed by atoms with Crippen LogP contribution in [0.2, 0.25) is 0 Å². The minimum absolute atomic E-state index is 0.0417. The van der Waals surface area contributed by atoms with Crippen molar-refractivity contribution >= 4 is 35.3 Å². The molecule has 8 rings (SSSR count). The van der Waals surface area contributed by atoms with E-state index < -0.39 is 22.3 Å². The van der Waals surface area contributed by atoms with Crippen molar-refractivity contribution in [3.8, 4) is 0 Å². The van der Waals surface area contributed by atoms with E-state index in [1.54, 1.807) is 9.80 Å². The molecule has 0 radical (unpaired) electrons. The summed E-state index contributed by atoms with van der Waals surface area (Å²) < 4.78 is 10.8. The van der Waals surface area contributed by atoms with Crippen LogP contribution in [0.15, 0.2) is 0 Å². The Balaban J connectivity index is 0.000000142. The molecule has 4 aliphatic heterocycles. The molecule has 12 heteroatoms. The van der Waals surface area contributed by atoms with Crippen LogP contribution in [0.3, 0.4) is 0 Å². The molecule has 8 fully saturated rings. The van der Waals surface area contributed by atoms with E-state index in [0.29, 0.717) is 37.5 Å². The average Bonchev–Trinajstić information content (AvgIpc) is 3.95. The second-order valence-corrected chi connectivity index (χ2v) is 18.9. The van der Waals surface area contributed by atoms with Crippen LogP contribution in [0.25, 0.3) is 0 Å². The van der Waals surface area contributed by atoms with Gasteiger partial charge < -0.3 is 20.1 Å². The molecule has 2 N–H and O–H groups in total. The van der Waals surface area contributed by atoms with Crippen molar-refractivity contribution in [3.05, 3.63) is 0 Å². The van der Waals surface area contributed by atoms with E-state index in [-0.39, 0.29) is 34.8 Å². The predicted octanol–water partition coefficient (Wildman–Crippen LogP) is 6.74. The first-order valence-corrected chi connectivity index (χ1v) is 21.0. The maximum atomic E-state index is 12.1. The van der Waals surface area contributed by atoms with Gasteiger partial charge in [0, 0.05) is 38.8 Å². The first kappa shape index (κ1) is 42.3. The van der Waals surface area contributed by atoms with E-state index in [9.17, 15) is 28.8 Å². The third kappa shape index (κ3) is 9.22. The molecule has 2 amide bonds. The molecule has 4 aliphatic carbocycles. The second-order valence-electron chi connectivity index (χ2n) is 18.9. The largest absolute Gasteiger partial charge is 0.444 e. The van der Waals surface area contributed by atoms with Crippen molar-refractivity contribution in [3.63, 3.8) is 0 Å². The van der Waals surface area contributed by atoms with Crippen LogP contribution in [0.5, 0.6) is 0 Å². The second kappa shape index (κ2) is 16.7. The van der Waals surface area contributed by atoms with Crippen molar-refractivity contribution in [1.29, 1.82) is 0 Å². The van der Waals surface area contributed by atoms with E-state index in [0.717, 1.165) is 116 Å². The molecule has 0 aromatic heterocycles. The number of carbonyl (C=O) groups is 6. The van der Waals surface area contributed by atoms with Crippen LogP contribution in [0.1, 0.15) is 170 Å². The van der Waals surface area contributed by atoms with Gasteiger partial charge in [-0.25, -0.2) is 9.59 Å². The van der Waals surface area contributed by atoms with Crippen LogP contribution in [0, 0.1) is 0 Å². The minimum atomic E-state index is -0.525. The Morgan fingerprint density at radius 2 is 0.796 bits per heavy atom. The van der Waals surface area contributed by atoms with Crippen molar-refractivity contribution in [2.75, 3.05) is 26.2 Å². The molecule has 4 saturated carbocycles. The van der Waals surface area contributed by atoms with Crippen molar-refractivity contribution < 1.29 is 38.2 Å². The lowest BCUT2D eigenvalue weighted by molar-refractivity contribution is -0.127. The summed E-state index contributed by atoms with van der Waals surface area (Å²) in [6, 6.07) is 0. The summed E-state index contributed by atoms with van der Waals surface area (Å²) >= 11 is 0. The Morgan fingerprint density at radius 1 is 0.481 bits per heavy atom. The molecule has 0 aromatic rings. The van der Waals surface area contributed by atoms with E-state index in [2.05, 4.69) is 10.6 Å². The monoisotopic (exact) mass is 757 g/mol. The first-order valence-electron chi connectivity index (χ1n) is 21.0. The normalized spacial score (nSPS) is 33.1. The fourth-order valence-electron chi connectivity index (χ4n) is 10.2. The van der Waals surface area contributed by atoms with Gasteiger partial charge in [-0.1, -0.05) is 0 Å². The van der Waals surface area contributed by atoms with Gasteiger partial charge in [0.25, 0.3) is 0 Å². The molecule has 0 aromatic carbocycles. The summed E-state index contributed by atoms with van der Waals surface area (Å²) in [5.74, 6) is 1.37. The van der Waals surface area contributed by atoms with Crippen molar-refractivity contribution in [1.82, 2.24) is 20.4 Å². The number of ketones is 4. The summed E-state index contributed by atoms with van der Waals surface area (Å²) in [4.78, 5) is 74.3. The number of Topliss-reactive ketones (excluding diaryl/α,β-unsaturated/α-hetero) is 4. The Morgan fingerprint density at radius 3 is 1.06 bits per heavy atom. The van der Waals surface area contributed by atoms with E-state index >= 15 is 0 Å². The summed E-state index contributed by atoms with van der Waals surface area (Å²) in [7, 11) is 0. The number of nitrogens with one attached hydrogen (secondary N) is 2. The lowest BCUT2D eigenvalue weighted by Crippen LogP contribution is -2.51. The number of rotatable bonds is 0. The molecule has 4 spiro atoms. The highest BCUT2D eigenvalue weighted by atomic mass is 16.6. The van der Waals surface area contributed by atoms with Crippen LogP contribution < -0.4 is 10.6 Å². The standard InChI is InChI=1S/2C13H21NO3.2C8H13NO/c2*1-12(2,3)17-11(16)14-9-5-8-13(14)7-4-6-10(13)15;2*10-7-3-1-4-8(7)5-2-6-9-8/h2*4-9H2,1-3H3;2*9H,1-6H2. The lowest BCUT2D eigenvalue weighted by Gasteiger charge is -2.34. The molecule has 304 valence electrons. The number of hydrogen-bond donors (Lipinski definition) is 2. The summed E-state index contributed by atoms with van der Waals surface area (Å²) in [6.07, 6.45) is 18.0. The van der Waals surface area contributed by atoms with Crippen LogP contribution in [-0.2, 0) is 28.7 Å². The quantitative estimate of drug-likeness (QED) is 0.272. The van der Waals surface area contributed by atoms with E-state index in [4.69, 9.17) is 9.47 Å². The Hall–Kier alpha value is -2.86. The third-order valence-electron chi connectivity index (χ3n) is 12.8. The molecule has 0 bridgehead atoms. The zero-order valence-corrected chi connectivity index (χ0v) is 34.1. The fraction of sp³-hybridized carbons (Fsp3) is 0.857. The number of ether oxygens (including phenoxy) is 2. The first-order chi connectivity index (χ1) is 25.4. The van der Waals surface area contributed by atoms with Gasteiger partial charge in [-0.05, 0) is 157 Å². The van der Waals surface area contributed by atoms with Gasteiger partial charge in [0.05, 0.1) is 11.1 Å². The number of hydrogen-bond acceptors (Lipinski definition) is 10. The van der Waals surface area contributed by atoms with E-state index in [1.807, 2.05) is 41.5 Å². The van der Waals surface area contributed by atoms with Gasteiger partial charge in [0.2, 0.25) is 0 Å². The highest BCUT2D eigenvalue weighted by Gasteiger charge is 2.54. The number of carbonyl (C=O) groups excluding carboxylic acids is 6. The van der Waals surface area contributed by atoms with Gasteiger partial charge in [-0.2, -0.15) is 0 Å². The van der Waals surface area contributed by atoms with Crippen LogP contribution in [-0.4, -0.2) is 105 Å². The van der Waals surface area contributed by atoms with Crippen molar-refractivity contribution in [2.45, 2.75) is 203 Å². The van der Waals surface area contributed by atoms with Crippen molar-refractivity contribution in [2.24, 2.45) is 0 Å². The molecule has 8 aliphatic rings. The molecule has 4 unspecified atom stereocenters. The zero-order valence-electron chi connectivity index (χ0n) is 34.1. The summed E-state index contributed by atoms with van der Waals surface area (Å²) in [5.41, 5.74) is -2.13. The number of likely N-dealkylation sites (tertiary alicyclic amines) is 2. The van der Waals surface area contributed by atoms with Gasteiger partial charge in [0.1, 0.15) is 22.3 Å². The summed E-state index contributed by atoms with van der Waals surface area (Å²) in [5, 5.41) is 6.66. The molecule has 4 saturated heterocycles. The molecule has 54 heavy (non-hydrogen) atoms. The molecule has 12 nitrogen and oxygen atoms in total. The molecule has 4 atom stereocenters. The van der Waals surface area contributed by atoms with Gasteiger partial charge in [-0.15, -0.1) is 0 Å². The highest BCUT2D eigenvalue weighted by molar-refractivity contribution is 5.95. The van der Waals surface area contributed by atoms with Crippen LogP contribution in [0.4, 0.5) is 9.59 Å². The Bertz CT molecular complexity index is 1290. The maximum Gasteiger partial charge on any atom is 0.411 e. The molecule has 4 heterocycles. The molecular weight excluding hydrogens is 688 g/mol. The average molecular weight is 757 g/mol. The minimum Gasteiger partial charge on any atom is -0.444 e. The van der Waals surface area contributed by atoms with Crippen LogP contribution >= 0.6 is 0 Å². The Kier molecular flexibility index (Phi) is 13.1. The Labute approximate surface area is 322 Å². The summed E-state index contributed by atoms with van der Waals surface area (Å²) in [6.45, 7) is 14.5. The number of amides is 2. The zero-order chi connectivity index (χ0) is 39.4. The van der Waals surface area contributed by atoms with E-state index in [1.165, 1.54) is 12.8 Å². The fourth-order valence-corrected chi connectivity index (χ4v) is 10.2. The smallest absolute Gasteiger partial charge is 0.411 e. The maximum absolute atomic E-state index is 12.1. The third-order valence-corrected chi connectivity index (χ3v) is 12.8.